The van der Waals surface area contributed by atoms with Crippen molar-refractivity contribution in [3.63, 3.8) is 0 Å². The van der Waals surface area contributed by atoms with Gasteiger partial charge in [0.05, 0.1) is 6.10 Å². The summed E-state index contributed by atoms with van der Waals surface area (Å²) in [4.78, 5) is 24.5. The minimum absolute atomic E-state index is 0.00556. The fraction of sp³-hybridized carbons (Fsp3) is 0.630. The summed E-state index contributed by atoms with van der Waals surface area (Å²) >= 11 is 5.85. The monoisotopic (exact) mass is 477 g/mol. The van der Waals surface area contributed by atoms with E-state index in [1.54, 1.807) is 24.3 Å². The molecule has 1 saturated carbocycles. The maximum atomic E-state index is 12.4. The van der Waals surface area contributed by atoms with Crippen molar-refractivity contribution in [1.29, 1.82) is 0 Å². The van der Waals surface area contributed by atoms with Crippen molar-refractivity contribution in [2.75, 3.05) is 11.9 Å². The number of carbonyl (C=O) groups excluding carboxylic acids is 2. The summed E-state index contributed by atoms with van der Waals surface area (Å²) in [6, 6.07) is 7.06. The van der Waals surface area contributed by atoms with E-state index in [1.165, 1.54) is 0 Å². The molecule has 3 N–H and O–H groups in total. The third-order valence-electron chi connectivity index (χ3n) is 6.55. The van der Waals surface area contributed by atoms with Gasteiger partial charge in [0.2, 0.25) is 5.91 Å². The first kappa shape index (κ1) is 27.6. The highest BCUT2D eigenvalue weighted by Gasteiger charge is 2.39. The molecule has 1 aromatic rings. The summed E-state index contributed by atoms with van der Waals surface area (Å²) in [7, 11) is 0. The molecule has 184 valence electrons. The largest absolute Gasteiger partial charge is 0.396 e. The molecular formula is C27H40ClNO4. The molecule has 2 rings (SSSR count). The minimum Gasteiger partial charge on any atom is -0.396 e. The Bertz CT molecular complexity index is 749. The van der Waals surface area contributed by atoms with Gasteiger partial charge in [-0.15, -0.1) is 0 Å². The van der Waals surface area contributed by atoms with Gasteiger partial charge in [-0.05, 0) is 49.4 Å². The summed E-state index contributed by atoms with van der Waals surface area (Å²) in [6.07, 6.45) is 12.8. The number of hydrogen-bond donors (Lipinski definition) is 3. The van der Waals surface area contributed by atoms with Gasteiger partial charge in [0.1, 0.15) is 5.78 Å². The molecule has 1 aliphatic carbocycles. The molecule has 1 aromatic carbocycles. The van der Waals surface area contributed by atoms with Crippen LogP contribution >= 0.6 is 11.6 Å². The maximum absolute atomic E-state index is 12.4. The predicted molar refractivity (Wildman–Crippen MR) is 134 cm³/mol. The Balaban J connectivity index is 1.69. The van der Waals surface area contributed by atoms with Crippen molar-refractivity contribution in [3.8, 4) is 0 Å². The first-order valence-corrected chi connectivity index (χ1v) is 12.9. The highest BCUT2D eigenvalue weighted by molar-refractivity contribution is 6.30. The Kier molecular flexibility index (Phi) is 12.7. The molecule has 0 spiro atoms. The van der Waals surface area contributed by atoms with Crippen LogP contribution in [0.15, 0.2) is 36.4 Å². The highest BCUT2D eigenvalue weighted by atomic mass is 35.5. The molecule has 1 fully saturated rings. The third-order valence-corrected chi connectivity index (χ3v) is 6.80. The van der Waals surface area contributed by atoms with E-state index in [1.807, 2.05) is 12.2 Å². The Morgan fingerprint density at radius 2 is 1.88 bits per heavy atom. The lowest BCUT2D eigenvalue weighted by atomic mass is 9.87. The number of Topliss-reactive ketones (excluding diaryl/α,β-unsaturated/α-hetero) is 1. The Hall–Kier alpha value is -1.69. The van der Waals surface area contributed by atoms with Crippen LogP contribution in [0.25, 0.3) is 0 Å². The van der Waals surface area contributed by atoms with Crippen LogP contribution in [-0.2, 0) is 9.59 Å². The van der Waals surface area contributed by atoms with Gasteiger partial charge in [-0.25, -0.2) is 0 Å². The summed E-state index contributed by atoms with van der Waals surface area (Å²) < 4.78 is 0. The van der Waals surface area contributed by atoms with Crippen LogP contribution in [0, 0.1) is 17.8 Å². The van der Waals surface area contributed by atoms with E-state index in [-0.39, 0.29) is 42.5 Å². The van der Waals surface area contributed by atoms with Crippen LogP contribution in [0.1, 0.15) is 77.6 Å². The normalized spacial score (nSPS) is 21.6. The molecule has 0 aromatic heterocycles. The van der Waals surface area contributed by atoms with E-state index < -0.39 is 6.10 Å². The number of nitrogens with one attached hydrogen (secondary N) is 1. The van der Waals surface area contributed by atoms with Crippen LogP contribution < -0.4 is 5.32 Å². The Morgan fingerprint density at radius 1 is 1.15 bits per heavy atom. The standard InChI is InChI=1S/C27H40ClNO4/c1-2-3-6-9-20(19-30)12-17-24-23(25(31)18-26(24)32)10-7-4-5-8-11-27(33)29-22-15-13-21(28)14-16-22/h12-17,20,23-24,26,30,32H,2-11,18-19H2,1H3,(H,29,33)/b17-12+/t20-,23+,24+,26+/m0/s1. The number of rotatable bonds is 15. The zero-order valence-corrected chi connectivity index (χ0v) is 20.6. The number of anilines is 1. The Morgan fingerprint density at radius 3 is 2.58 bits per heavy atom. The van der Waals surface area contributed by atoms with Crippen LogP contribution in [0.2, 0.25) is 5.02 Å². The topological polar surface area (TPSA) is 86.6 Å². The molecule has 1 aliphatic rings. The first-order valence-electron chi connectivity index (χ1n) is 12.5. The highest BCUT2D eigenvalue weighted by Crippen LogP contribution is 2.34. The van der Waals surface area contributed by atoms with Gasteiger partial charge < -0.3 is 15.5 Å². The van der Waals surface area contributed by atoms with Crippen molar-refractivity contribution >= 4 is 29.0 Å². The van der Waals surface area contributed by atoms with Crippen molar-refractivity contribution in [3.05, 3.63) is 41.4 Å². The van der Waals surface area contributed by atoms with Gasteiger partial charge in [0, 0.05) is 42.0 Å². The minimum atomic E-state index is -0.620. The molecule has 4 atom stereocenters. The molecule has 5 nitrogen and oxygen atoms in total. The van der Waals surface area contributed by atoms with Gasteiger partial charge in [-0.2, -0.15) is 0 Å². The number of ketones is 1. The maximum Gasteiger partial charge on any atom is 0.224 e. The number of hydrogen-bond acceptors (Lipinski definition) is 4. The van der Waals surface area contributed by atoms with Crippen LogP contribution in [0.4, 0.5) is 5.69 Å². The number of halogens is 1. The molecular weight excluding hydrogens is 438 g/mol. The number of aliphatic hydroxyl groups excluding tert-OH is 2. The van der Waals surface area contributed by atoms with E-state index in [0.29, 0.717) is 11.4 Å². The average molecular weight is 478 g/mol. The van der Waals surface area contributed by atoms with Gasteiger partial charge in [0.25, 0.3) is 0 Å². The van der Waals surface area contributed by atoms with E-state index in [9.17, 15) is 19.8 Å². The zero-order valence-electron chi connectivity index (χ0n) is 19.8. The molecule has 33 heavy (non-hydrogen) atoms. The van der Waals surface area contributed by atoms with E-state index in [4.69, 9.17) is 11.6 Å². The fourth-order valence-corrected chi connectivity index (χ4v) is 4.67. The van der Waals surface area contributed by atoms with Crippen molar-refractivity contribution in [1.82, 2.24) is 0 Å². The SMILES string of the molecule is CCCCC[C@@H](/C=C/[C@H]1[C@H](O)CC(=O)[C@@H]1CCCCCCC(=O)Nc1ccc(Cl)cc1)CO. The molecule has 0 aliphatic heterocycles. The van der Waals surface area contributed by atoms with Gasteiger partial charge in [0.15, 0.2) is 0 Å². The number of unbranched alkanes of at least 4 members (excludes halogenated alkanes) is 5. The van der Waals surface area contributed by atoms with Crippen LogP contribution in [0.5, 0.6) is 0 Å². The Labute approximate surface area is 203 Å². The number of carbonyl (C=O) groups is 2. The number of benzene rings is 1. The van der Waals surface area contributed by atoms with Crippen molar-refractivity contribution in [2.45, 2.75) is 83.7 Å². The van der Waals surface area contributed by atoms with Gasteiger partial charge in [-0.1, -0.05) is 69.2 Å². The molecule has 0 saturated heterocycles. The lowest BCUT2D eigenvalue weighted by molar-refractivity contribution is -0.121. The molecule has 1 amide bonds. The molecule has 0 bridgehead atoms. The second kappa shape index (κ2) is 15.3. The van der Waals surface area contributed by atoms with Crippen LogP contribution in [0.3, 0.4) is 0 Å². The fourth-order valence-electron chi connectivity index (χ4n) is 4.54. The number of aliphatic hydroxyl groups is 2. The quantitative estimate of drug-likeness (QED) is 0.216. The molecule has 0 heterocycles. The second-order valence-electron chi connectivity index (χ2n) is 9.25. The van der Waals surface area contributed by atoms with Gasteiger partial charge >= 0.3 is 0 Å². The lowest BCUT2D eigenvalue weighted by Gasteiger charge is -2.18. The third kappa shape index (κ3) is 9.99. The summed E-state index contributed by atoms with van der Waals surface area (Å²) in [5.74, 6) is -0.0542. The van der Waals surface area contributed by atoms with E-state index in [0.717, 1.165) is 63.5 Å². The molecule has 0 radical (unpaired) electrons. The van der Waals surface area contributed by atoms with Gasteiger partial charge in [-0.3, -0.25) is 9.59 Å². The smallest absolute Gasteiger partial charge is 0.224 e. The first-order chi connectivity index (χ1) is 15.9. The van der Waals surface area contributed by atoms with E-state index in [2.05, 4.69) is 12.2 Å². The summed E-state index contributed by atoms with van der Waals surface area (Å²) in [5, 5.41) is 23.5. The van der Waals surface area contributed by atoms with Crippen molar-refractivity contribution in [2.24, 2.45) is 17.8 Å². The zero-order chi connectivity index (χ0) is 24.1. The van der Waals surface area contributed by atoms with Crippen molar-refractivity contribution < 1.29 is 19.8 Å². The number of amides is 1. The van der Waals surface area contributed by atoms with Crippen LogP contribution in [-0.4, -0.2) is 34.6 Å². The molecule has 0 unspecified atom stereocenters. The summed E-state index contributed by atoms with van der Waals surface area (Å²) in [5.41, 5.74) is 0.746. The average Bonchev–Trinajstić information content (AvgIpc) is 3.06. The van der Waals surface area contributed by atoms with E-state index >= 15 is 0 Å². The second-order valence-corrected chi connectivity index (χ2v) is 9.69. The lowest BCUT2D eigenvalue weighted by Crippen LogP contribution is -2.19. The molecule has 6 heteroatoms. The predicted octanol–water partition coefficient (Wildman–Crippen LogP) is 5.93. The summed E-state index contributed by atoms with van der Waals surface area (Å²) in [6.45, 7) is 2.26.